The molecule has 128 valence electrons. The number of aromatic nitrogens is 2. The number of hydrogen-bond donors (Lipinski definition) is 0. The van der Waals surface area contributed by atoms with Gasteiger partial charge in [0, 0.05) is 18.2 Å². The van der Waals surface area contributed by atoms with E-state index in [0.717, 1.165) is 47.3 Å². The molecule has 2 aromatic rings. The number of esters is 1. The smallest absolute Gasteiger partial charge is 0.309 e. The minimum absolute atomic E-state index is 0.0902. The van der Waals surface area contributed by atoms with Crippen LogP contribution in [-0.4, -0.2) is 30.0 Å². The predicted molar refractivity (Wildman–Crippen MR) is 94.5 cm³/mol. The van der Waals surface area contributed by atoms with Crippen LogP contribution >= 0.6 is 15.9 Å². The van der Waals surface area contributed by atoms with Gasteiger partial charge < -0.3 is 9.47 Å². The molecule has 0 amide bonds. The van der Waals surface area contributed by atoms with Crippen molar-refractivity contribution >= 4 is 21.9 Å². The molecule has 1 fully saturated rings. The second-order valence-corrected chi connectivity index (χ2v) is 6.88. The van der Waals surface area contributed by atoms with Gasteiger partial charge in [-0.1, -0.05) is 18.9 Å². The summed E-state index contributed by atoms with van der Waals surface area (Å²) in [4.78, 5) is 12.1. The molecule has 1 aliphatic carbocycles. The number of hydrogen-bond acceptors (Lipinski definition) is 4. The van der Waals surface area contributed by atoms with E-state index in [0.29, 0.717) is 0 Å². The van der Waals surface area contributed by atoms with Gasteiger partial charge in [0.25, 0.3) is 0 Å². The largest absolute Gasteiger partial charge is 0.497 e. The Bertz CT molecular complexity index is 729. The number of rotatable bonds is 4. The molecule has 0 unspecified atom stereocenters. The Morgan fingerprint density at radius 1 is 1.29 bits per heavy atom. The van der Waals surface area contributed by atoms with Gasteiger partial charge in [-0.25, -0.2) is 4.68 Å². The Labute approximate surface area is 150 Å². The first-order chi connectivity index (χ1) is 11.6. The maximum Gasteiger partial charge on any atom is 0.309 e. The molecule has 2 atom stereocenters. The molecular formula is C18H21BrN2O3. The zero-order chi connectivity index (χ0) is 17.1. The van der Waals surface area contributed by atoms with Gasteiger partial charge in [-0.05, 0) is 40.9 Å². The van der Waals surface area contributed by atoms with Gasteiger partial charge >= 0.3 is 5.97 Å². The fourth-order valence-corrected chi connectivity index (χ4v) is 3.96. The van der Waals surface area contributed by atoms with Crippen LogP contribution in [0.5, 0.6) is 5.75 Å². The van der Waals surface area contributed by atoms with Gasteiger partial charge in [0.05, 0.1) is 36.0 Å². The van der Waals surface area contributed by atoms with Crippen molar-refractivity contribution in [3.63, 3.8) is 0 Å². The SMILES string of the molecule is COC(=O)[C@@H]1CCCC[C@H]1c1nn(-c2cccc(OC)c2)cc1Br. The summed E-state index contributed by atoms with van der Waals surface area (Å²) in [6.07, 6.45) is 5.91. The first-order valence-electron chi connectivity index (χ1n) is 8.11. The molecule has 0 radical (unpaired) electrons. The highest BCUT2D eigenvalue weighted by molar-refractivity contribution is 9.10. The van der Waals surface area contributed by atoms with Crippen LogP contribution in [0.25, 0.3) is 5.69 Å². The summed E-state index contributed by atoms with van der Waals surface area (Å²) in [6.45, 7) is 0. The monoisotopic (exact) mass is 392 g/mol. The lowest BCUT2D eigenvalue weighted by Gasteiger charge is -2.28. The highest BCUT2D eigenvalue weighted by Gasteiger charge is 2.35. The van der Waals surface area contributed by atoms with Gasteiger partial charge in [0.2, 0.25) is 0 Å². The van der Waals surface area contributed by atoms with Gasteiger partial charge in [0.15, 0.2) is 0 Å². The van der Waals surface area contributed by atoms with E-state index in [2.05, 4.69) is 15.9 Å². The molecule has 0 spiro atoms. The lowest BCUT2D eigenvalue weighted by atomic mass is 9.77. The average molecular weight is 393 g/mol. The van der Waals surface area contributed by atoms with E-state index in [-0.39, 0.29) is 17.8 Å². The number of ether oxygens (including phenoxy) is 2. The van der Waals surface area contributed by atoms with Crippen molar-refractivity contribution in [1.82, 2.24) is 9.78 Å². The first-order valence-corrected chi connectivity index (χ1v) is 8.90. The van der Waals surface area contributed by atoms with Crippen molar-refractivity contribution in [1.29, 1.82) is 0 Å². The van der Waals surface area contributed by atoms with Gasteiger partial charge in [-0.15, -0.1) is 0 Å². The molecule has 0 N–H and O–H groups in total. The van der Waals surface area contributed by atoms with Gasteiger partial charge in [-0.2, -0.15) is 5.10 Å². The van der Waals surface area contributed by atoms with Crippen molar-refractivity contribution in [3.8, 4) is 11.4 Å². The van der Waals surface area contributed by atoms with E-state index in [9.17, 15) is 4.79 Å². The summed E-state index contributed by atoms with van der Waals surface area (Å²) in [5.41, 5.74) is 1.85. The van der Waals surface area contributed by atoms with E-state index < -0.39 is 0 Å². The van der Waals surface area contributed by atoms with Crippen molar-refractivity contribution in [2.24, 2.45) is 5.92 Å². The third-order valence-corrected chi connectivity index (χ3v) is 5.25. The van der Waals surface area contributed by atoms with E-state index in [1.165, 1.54) is 7.11 Å². The van der Waals surface area contributed by atoms with Crippen molar-refractivity contribution in [3.05, 3.63) is 40.6 Å². The summed E-state index contributed by atoms with van der Waals surface area (Å²) in [5, 5.41) is 4.75. The molecule has 1 aromatic heterocycles. The predicted octanol–water partition coefficient (Wildman–Crippen LogP) is 4.09. The van der Waals surface area contributed by atoms with Crippen LogP contribution in [-0.2, 0) is 9.53 Å². The molecule has 1 heterocycles. The molecule has 1 aliphatic rings. The lowest BCUT2D eigenvalue weighted by Crippen LogP contribution is -2.27. The molecule has 0 aliphatic heterocycles. The second kappa shape index (κ2) is 7.38. The van der Waals surface area contributed by atoms with Crippen LogP contribution in [0.1, 0.15) is 37.3 Å². The van der Waals surface area contributed by atoms with Crippen LogP contribution in [0.3, 0.4) is 0 Å². The zero-order valence-electron chi connectivity index (χ0n) is 13.9. The highest BCUT2D eigenvalue weighted by Crippen LogP contribution is 2.40. The number of benzene rings is 1. The molecule has 24 heavy (non-hydrogen) atoms. The number of nitrogens with zero attached hydrogens (tertiary/aromatic N) is 2. The number of halogens is 1. The van der Waals surface area contributed by atoms with Crippen molar-refractivity contribution < 1.29 is 14.3 Å². The molecule has 3 rings (SSSR count). The Balaban J connectivity index is 1.94. The van der Waals surface area contributed by atoms with Crippen LogP contribution in [0.15, 0.2) is 34.9 Å². The standard InChI is InChI=1S/C18H21BrN2O3/c1-23-13-7-5-6-12(10-13)21-11-16(19)17(20-21)14-8-3-4-9-15(14)18(22)24-2/h5-7,10-11,14-15H,3-4,8-9H2,1-2H3/t14-,15-/m1/s1. The topological polar surface area (TPSA) is 53.3 Å². The maximum absolute atomic E-state index is 12.1. The highest BCUT2D eigenvalue weighted by atomic mass is 79.9. The van der Waals surface area contributed by atoms with E-state index in [1.807, 2.05) is 35.1 Å². The third kappa shape index (κ3) is 3.34. The minimum atomic E-state index is -0.137. The number of carbonyl (C=O) groups excluding carboxylic acids is 1. The molecule has 1 aromatic carbocycles. The zero-order valence-corrected chi connectivity index (χ0v) is 15.5. The maximum atomic E-state index is 12.1. The summed E-state index contributed by atoms with van der Waals surface area (Å²) in [7, 11) is 3.10. The fraction of sp³-hybridized carbons (Fsp3) is 0.444. The lowest BCUT2D eigenvalue weighted by molar-refractivity contribution is -0.147. The normalized spacial score (nSPS) is 20.6. The van der Waals surface area contributed by atoms with Crippen molar-refractivity contribution in [2.75, 3.05) is 14.2 Å². The van der Waals surface area contributed by atoms with E-state index in [1.54, 1.807) is 7.11 Å². The molecule has 6 heteroatoms. The van der Waals surface area contributed by atoms with Crippen molar-refractivity contribution in [2.45, 2.75) is 31.6 Å². The minimum Gasteiger partial charge on any atom is -0.497 e. The van der Waals surface area contributed by atoms with Crippen LogP contribution in [0, 0.1) is 5.92 Å². The number of carbonyl (C=O) groups is 1. The quantitative estimate of drug-likeness (QED) is 0.735. The molecule has 0 saturated heterocycles. The first kappa shape index (κ1) is 17.0. The molecule has 1 saturated carbocycles. The summed E-state index contributed by atoms with van der Waals surface area (Å²) < 4.78 is 13.0. The van der Waals surface area contributed by atoms with Crippen LogP contribution in [0.4, 0.5) is 0 Å². The Hall–Kier alpha value is -1.82. The second-order valence-electron chi connectivity index (χ2n) is 6.03. The van der Waals surface area contributed by atoms with E-state index >= 15 is 0 Å². The van der Waals surface area contributed by atoms with Gasteiger partial charge in [-0.3, -0.25) is 4.79 Å². The Morgan fingerprint density at radius 2 is 2.08 bits per heavy atom. The molecule has 0 bridgehead atoms. The van der Waals surface area contributed by atoms with E-state index in [4.69, 9.17) is 14.6 Å². The summed E-state index contributed by atoms with van der Waals surface area (Å²) >= 11 is 3.62. The van der Waals surface area contributed by atoms with Gasteiger partial charge in [0.1, 0.15) is 5.75 Å². The molecule has 5 nitrogen and oxygen atoms in total. The summed E-state index contributed by atoms with van der Waals surface area (Å²) in [5.74, 6) is 0.620. The Morgan fingerprint density at radius 3 is 2.83 bits per heavy atom. The average Bonchev–Trinajstić information content (AvgIpc) is 3.02. The van der Waals surface area contributed by atoms with Crippen LogP contribution < -0.4 is 4.74 Å². The summed E-state index contributed by atoms with van der Waals surface area (Å²) in [6, 6.07) is 7.74. The fourth-order valence-electron chi connectivity index (χ4n) is 3.39. The molecular weight excluding hydrogens is 372 g/mol. The third-order valence-electron chi connectivity index (χ3n) is 4.63. The number of methoxy groups -OCH3 is 2. The van der Waals surface area contributed by atoms with Crippen LogP contribution in [0.2, 0.25) is 0 Å². The Kier molecular flexibility index (Phi) is 5.23.